The third-order valence-electron chi connectivity index (χ3n) is 2.42. The second-order valence-corrected chi connectivity index (χ2v) is 5.88. The summed E-state index contributed by atoms with van der Waals surface area (Å²) in [6, 6.07) is -0.247. The van der Waals surface area contributed by atoms with E-state index >= 15 is 0 Å². The van der Waals surface area contributed by atoms with Gasteiger partial charge in [0.1, 0.15) is 16.5 Å². The summed E-state index contributed by atoms with van der Waals surface area (Å²) in [5, 5.41) is 11.0. The number of nitrogens with one attached hydrogen (secondary N) is 2. The van der Waals surface area contributed by atoms with E-state index in [9.17, 15) is 18.0 Å². The molecule has 2 aromatic rings. The van der Waals surface area contributed by atoms with Crippen LogP contribution in [0.4, 0.5) is 10.7 Å². The normalized spacial score (nSPS) is 11.0. The first-order valence-corrected chi connectivity index (χ1v) is 7.51. The highest BCUT2D eigenvalue weighted by Crippen LogP contribution is 2.16. The number of sulfonamides is 1. The molecule has 3 N–H and O–H groups in total. The zero-order valence-corrected chi connectivity index (χ0v) is 12.7. The van der Waals surface area contributed by atoms with Crippen LogP contribution in [0.5, 0.6) is 0 Å². The molecule has 0 aliphatic carbocycles. The van der Waals surface area contributed by atoms with Gasteiger partial charge in [0, 0.05) is 0 Å². The number of carbonyl (C=O) groups is 2. The van der Waals surface area contributed by atoms with E-state index in [2.05, 4.69) is 24.7 Å². The molecule has 2 amide bonds. The Balaban J connectivity index is 2.18. The second kappa shape index (κ2) is 6.00. The minimum atomic E-state index is -4.44. The van der Waals surface area contributed by atoms with E-state index in [1.165, 1.54) is 0 Å². The van der Waals surface area contributed by atoms with Crippen molar-refractivity contribution in [2.45, 2.75) is 18.7 Å². The standard InChI is InChI=1S/C11H11N5O6S/c1-5-12-6(2)14-10(13-5)15-11(19)16-23(20,21)7-3-4-22-8(7)9(17)18/h3-4H,1-2H3,(H,17,18)(H2,12,13,14,15,16,19). The molecule has 0 spiro atoms. The second-order valence-electron chi connectivity index (χ2n) is 4.23. The van der Waals surface area contributed by atoms with Gasteiger partial charge in [0.05, 0.1) is 6.26 Å². The van der Waals surface area contributed by atoms with Crippen molar-refractivity contribution in [3.8, 4) is 0 Å². The van der Waals surface area contributed by atoms with Crippen LogP contribution in [0, 0.1) is 13.8 Å². The highest BCUT2D eigenvalue weighted by Gasteiger charge is 2.27. The Morgan fingerprint density at radius 1 is 1.17 bits per heavy atom. The fourth-order valence-electron chi connectivity index (χ4n) is 1.64. The van der Waals surface area contributed by atoms with Crippen LogP contribution in [0.25, 0.3) is 0 Å². The SMILES string of the molecule is Cc1nc(C)nc(NC(=O)NS(=O)(=O)c2ccoc2C(=O)O)n1. The first-order valence-electron chi connectivity index (χ1n) is 6.03. The van der Waals surface area contributed by atoms with Crippen molar-refractivity contribution in [2.75, 3.05) is 5.32 Å². The van der Waals surface area contributed by atoms with Gasteiger partial charge in [-0.05, 0) is 19.9 Å². The number of carboxylic acids is 1. The number of aryl methyl sites for hydroxylation is 2. The maximum Gasteiger partial charge on any atom is 0.373 e. The van der Waals surface area contributed by atoms with Gasteiger partial charge in [-0.1, -0.05) is 0 Å². The number of rotatable bonds is 4. The lowest BCUT2D eigenvalue weighted by Crippen LogP contribution is -2.35. The third kappa shape index (κ3) is 3.79. The minimum absolute atomic E-state index is 0.145. The molecule has 0 aliphatic rings. The molecule has 0 fully saturated rings. The molecule has 0 radical (unpaired) electrons. The molecule has 23 heavy (non-hydrogen) atoms. The van der Waals surface area contributed by atoms with Gasteiger partial charge in [0.25, 0.3) is 10.0 Å². The van der Waals surface area contributed by atoms with Gasteiger partial charge in [-0.15, -0.1) is 0 Å². The molecule has 0 aromatic carbocycles. The molecule has 2 aromatic heterocycles. The molecule has 122 valence electrons. The Labute approximate surface area is 129 Å². The van der Waals surface area contributed by atoms with Crippen LogP contribution in [0.3, 0.4) is 0 Å². The summed E-state index contributed by atoms with van der Waals surface area (Å²) in [7, 11) is -4.44. The average Bonchev–Trinajstić information content (AvgIpc) is 2.86. The highest BCUT2D eigenvalue weighted by molar-refractivity contribution is 7.90. The van der Waals surface area contributed by atoms with Crippen LogP contribution in [0.2, 0.25) is 0 Å². The van der Waals surface area contributed by atoms with E-state index < -0.39 is 32.7 Å². The highest BCUT2D eigenvalue weighted by atomic mass is 32.2. The van der Waals surface area contributed by atoms with Gasteiger partial charge < -0.3 is 9.52 Å². The summed E-state index contributed by atoms with van der Waals surface area (Å²) < 4.78 is 30.2. The number of aromatic nitrogens is 3. The molecular weight excluding hydrogens is 330 g/mol. The van der Waals surface area contributed by atoms with Crippen LogP contribution in [-0.2, 0) is 10.0 Å². The van der Waals surface area contributed by atoms with E-state index in [1.807, 2.05) is 0 Å². The Hall–Kier alpha value is -3.02. The zero-order valence-electron chi connectivity index (χ0n) is 11.9. The van der Waals surface area contributed by atoms with Crippen molar-refractivity contribution in [1.82, 2.24) is 19.7 Å². The molecular formula is C11H11N5O6S. The number of aromatic carboxylic acids is 1. The Morgan fingerprint density at radius 3 is 2.35 bits per heavy atom. The number of furan rings is 1. The van der Waals surface area contributed by atoms with E-state index in [0.29, 0.717) is 11.6 Å². The minimum Gasteiger partial charge on any atom is -0.475 e. The molecule has 0 atom stereocenters. The summed E-state index contributed by atoms with van der Waals surface area (Å²) in [6.45, 7) is 3.14. The fourth-order valence-corrected chi connectivity index (χ4v) is 2.66. The van der Waals surface area contributed by atoms with Gasteiger partial charge in [0.15, 0.2) is 0 Å². The predicted octanol–water partition coefficient (Wildman–Crippen LogP) is 0.290. The third-order valence-corrected chi connectivity index (χ3v) is 3.78. The fraction of sp³-hybridized carbons (Fsp3) is 0.182. The average molecular weight is 341 g/mol. The van der Waals surface area contributed by atoms with Crippen molar-refractivity contribution >= 4 is 28.0 Å². The van der Waals surface area contributed by atoms with Crippen LogP contribution in [0.15, 0.2) is 21.6 Å². The summed E-state index contributed by atoms with van der Waals surface area (Å²) in [5.74, 6) is -1.87. The number of urea groups is 1. The molecule has 12 heteroatoms. The van der Waals surface area contributed by atoms with E-state index in [1.54, 1.807) is 18.6 Å². The van der Waals surface area contributed by atoms with Crippen LogP contribution >= 0.6 is 0 Å². The van der Waals surface area contributed by atoms with Crippen LogP contribution in [0.1, 0.15) is 22.2 Å². The van der Waals surface area contributed by atoms with Crippen molar-refractivity contribution in [2.24, 2.45) is 0 Å². The number of nitrogens with zero attached hydrogens (tertiary/aromatic N) is 3. The van der Waals surface area contributed by atoms with E-state index in [-0.39, 0.29) is 5.95 Å². The van der Waals surface area contributed by atoms with Crippen molar-refractivity contribution in [3.63, 3.8) is 0 Å². The number of carboxylic acid groups (broad SMARTS) is 1. The first-order chi connectivity index (χ1) is 10.7. The smallest absolute Gasteiger partial charge is 0.373 e. The largest absolute Gasteiger partial charge is 0.475 e. The van der Waals surface area contributed by atoms with Gasteiger partial charge in [-0.25, -0.2) is 27.7 Å². The summed E-state index contributed by atoms with van der Waals surface area (Å²) >= 11 is 0. The molecule has 0 saturated heterocycles. The van der Waals surface area contributed by atoms with Crippen LogP contribution in [-0.4, -0.2) is 40.5 Å². The molecule has 11 nitrogen and oxygen atoms in total. The van der Waals surface area contributed by atoms with Crippen molar-refractivity contribution in [3.05, 3.63) is 29.7 Å². The molecule has 0 unspecified atom stereocenters. The molecule has 0 bridgehead atoms. The van der Waals surface area contributed by atoms with Gasteiger partial charge in [-0.3, -0.25) is 5.32 Å². The Bertz CT molecular complexity index is 855. The zero-order chi connectivity index (χ0) is 17.2. The lowest BCUT2D eigenvalue weighted by Gasteiger charge is -2.07. The number of hydrogen-bond acceptors (Lipinski definition) is 8. The monoisotopic (exact) mass is 341 g/mol. The Morgan fingerprint density at radius 2 is 1.78 bits per heavy atom. The molecule has 0 aliphatic heterocycles. The van der Waals surface area contributed by atoms with E-state index in [0.717, 1.165) is 12.3 Å². The summed E-state index contributed by atoms with van der Waals surface area (Å²) in [6.07, 6.45) is 0.884. The predicted molar refractivity (Wildman–Crippen MR) is 74.3 cm³/mol. The quantitative estimate of drug-likeness (QED) is 0.708. The molecule has 2 rings (SSSR count). The van der Waals surface area contributed by atoms with E-state index in [4.69, 9.17) is 5.11 Å². The van der Waals surface area contributed by atoms with Crippen molar-refractivity contribution < 1.29 is 27.5 Å². The lowest BCUT2D eigenvalue weighted by atomic mass is 10.5. The Kier molecular flexibility index (Phi) is 4.27. The van der Waals surface area contributed by atoms with Crippen molar-refractivity contribution in [1.29, 1.82) is 0 Å². The summed E-state index contributed by atoms with van der Waals surface area (Å²) in [5.41, 5.74) is 0. The molecule has 2 heterocycles. The molecule has 0 saturated carbocycles. The van der Waals surface area contributed by atoms with Gasteiger partial charge in [-0.2, -0.15) is 9.97 Å². The summed E-state index contributed by atoms with van der Waals surface area (Å²) in [4.78, 5) is 33.5. The maximum absolute atomic E-state index is 12.0. The number of hydrogen-bond donors (Lipinski definition) is 3. The lowest BCUT2D eigenvalue weighted by molar-refractivity contribution is 0.0656. The maximum atomic E-state index is 12.0. The number of carbonyl (C=O) groups excluding carboxylic acids is 1. The first kappa shape index (κ1) is 16.4. The van der Waals surface area contributed by atoms with Gasteiger partial charge in [0.2, 0.25) is 11.7 Å². The number of amides is 2. The topological polar surface area (TPSA) is 164 Å². The number of anilines is 1. The van der Waals surface area contributed by atoms with Crippen LogP contribution < -0.4 is 10.0 Å². The van der Waals surface area contributed by atoms with Gasteiger partial charge >= 0.3 is 12.0 Å².